The number of pyridine rings is 1. The van der Waals surface area contributed by atoms with Gasteiger partial charge in [0.05, 0.1) is 31.1 Å². The Kier molecular flexibility index (Phi) is 5.70. The largest absolute Gasteiger partial charge is 0.497 e. The number of aromatic nitrogens is 3. The zero-order valence-corrected chi connectivity index (χ0v) is 20.4. The average Bonchev–Trinajstić information content (AvgIpc) is 3.24. The van der Waals surface area contributed by atoms with Gasteiger partial charge in [-0.1, -0.05) is 0 Å². The van der Waals surface area contributed by atoms with Gasteiger partial charge in [0.1, 0.15) is 27.4 Å². The highest BCUT2D eigenvalue weighted by Gasteiger charge is 2.16. The maximum atomic E-state index is 13.3. The number of benzene rings is 2. The number of amides is 1. The molecule has 0 aliphatic rings. The molecule has 0 radical (unpaired) electrons. The molecule has 9 heteroatoms. The predicted molar refractivity (Wildman–Crippen MR) is 137 cm³/mol. The molecule has 5 rings (SSSR count). The number of anilines is 1. The molecule has 0 saturated carbocycles. The molecule has 0 atom stereocenters. The number of fused-ring (bicyclic) bond motifs is 3. The van der Waals surface area contributed by atoms with Crippen LogP contribution in [0.4, 0.5) is 5.69 Å². The molecule has 0 spiro atoms. The fourth-order valence-electron chi connectivity index (χ4n) is 4.02. The molecule has 0 unspecified atom stereocenters. The van der Waals surface area contributed by atoms with E-state index in [2.05, 4.69) is 15.3 Å². The molecule has 1 N–H and O–H groups in total. The highest BCUT2D eigenvalue weighted by molar-refractivity contribution is 7.25. The van der Waals surface area contributed by atoms with Crippen LogP contribution in [0.2, 0.25) is 0 Å². The van der Waals surface area contributed by atoms with Crippen LogP contribution in [0.25, 0.3) is 26.1 Å². The minimum Gasteiger partial charge on any atom is -0.497 e. The molecular formula is C26H22N4O4S. The highest BCUT2D eigenvalue weighted by atomic mass is 32.1. The van der Waals surface area contributed by atoms with Gasteiger partial charge in [-0.15, -0.1) is 11.3 Å². The monoisotopic (exact) mass is 486 g/mol. The summed E-state index contributed by atoms with van der Waals surface area (Å²) in [4.78, 5) is 36.0. The molecule has 176 valence electrons. The quantitative estimate of drug-likeness (QED) is 0.380. The molecule has 0 fully saturated rings. The van der Waals surface area contributed by atoms with Crippen LogP contribution in [0.3, 0.4) is 0 Å². The molecule has 0 bridgehead atoms. The number of carbonyl (C=O) groups is 1. The number of hydrogen-bond donors (Lipinski definition) is 1. The molecule has 8 nitrogen and oxygen atoms in total. The SMILES string of the molecule is COc1ccc(NC(=O)c2ccc(-n3cnc4c(sc5nc(C)cc(C)c54)c3=O)cc2)c(OC)c1. The van der Waals surface area contributed by atoms with Crippen LogP contribution in [-0.4, -0.2) is 34.7 Å². The van der Waals surface area contributed by atoms with E-state index < -0.39 is 0 Å². The Morgan fingerprint density at radius 3 is 2.51 bits per heavy atom. The van der Waals surface area contributed by atoms with E-state index in [-0.39, 0.29) is 11.5 Å². The van der Waals surface area contributed by atoms with E-state index in [0.29, 0.717) is 38.7 Å². The fraction of sp³-hybridized carbons (Fsp3) is 0.154. The van der Waals surface area contributed by atoms with E-state index in [1.807, 2.05) is 19.9 Å². The maximum absolute atomic E-state index is 13.3. The van der Waals surface area contributed by atoms with Crippen LogP contribution in [0.15, 0.2) is 59.7 Å². The van der Waals surface area contributed by atoms with E-state index >= 15 is 0 Å². The molecule has 5 aromatic rings. The third-order valence-electron chi connectivity index (χ3n) is 5.74. The number of aryl methyl sites for hydroxylation is 2. The van der Waals surface area contributed by atoms with Gasteiger partial charge in [-0.2, -0.15) is 0 Å². The van der Waals surface area contributed by atoms with Gasteiger partial charge < -0.3 is 14.8 Å². The molecule has 0 saturated heterocycles. The van der Waals surface area contributed by atoms with Crippen LogP contribution in [0, 0.1) is 13.8 Å². The minimum atomic E-state index is -0.303. The number of nitrogens with zero attached hydrogens (tertiary/aromatic N) is 3. The first-order chi connectivity index (χ1) is 16.9. The Hall–Kier alpha value is -4.24. The molecule has 0 aliphatic carbocycles. The summed E-state index contributed by atoms with van der Waals surface area (Å²) in [6.45, 7) is 3.94. The zero-order valence-electron chi connectivity index (χ0n) is 19.6. The molecule has 35 heavy (non-hydrogen) atoms. The topological polar surface area (TPSA) is 95.3 Å². The van der Waals surface area contributed by atoms with E-state index in [9.17, 15) is 9.59 Å². The highest BCUT2D eigenvalue weighted by Crippen LogP contribution is 2.32. The molecule has 3 heterocycles. The van der Waals surface area contributed by atoms with Crippen LogP contribution < -0.4 is 20.3 Å². The molecule has 2 aromatic carbocycles. The Labute approximate surface area is 204 Å². The van der Waals surface area contributed by atoms with Gasteiger partial charge in [0, 0.05) is 22.7 Å². The van der Waals surface area contributed by atoms with Crippen LogP contribution in [0.5, 0.6) is 11.5 Å². The lowest BCUT2D eigenvalue weighted by atomic mass is 10.1. The van der Waals surface area contributed by atoms with Crippen molar-refractivity contribution >= 4 is 43.4 Å². The second-order valence-corrected chi connectivity index (χ2v) is 9.03. The molecule has 1 amide bonds. The van der Waals surface area contributed by atoms with Crippen molar-refractivity contribution in [3.05, 3.63) is 82.0 Å². The summed E-state index contributed by atoms with van der Waals surface area (Å²) >= 11 is 1.35. The second kappa shape index (κ2) is 8.84. The minimum absolute atomic E-state index is 0.171. The van der Waals surface area contributed by atoms with Gasteiger partial charge >= 0.3 is 0 Å². The Balaban J connectivity index is 1.45. The number of rotatable bonds is 5. The lowest BCUT2D eigenvalue weighted by Crippen LogP contribution is -2.18. The van der Waals surface area contributed by atoms with Crippen molar-refractivity contribution in [1.82, 2.24) is 14.5 Å². The zero-order chi connectivity index (χ0) is 24.7. The first-order valence-corrected chi connectivity index (χ1v) is 11.6. The van der Waals surface area contributed by atoms with Crippen LogP contribution in [0.1, 0.15) is 21.6 Å². The van der Waals surface area contributed by atoms with E-state index in [4.69, 9.17) is 9.47 Å². The first kappa shape index (κ1) is 22.5. The van der Waals surface area contributed by atoms with Gasteiger partial charge in [0.25, 0.3) is 11.5 Å². The Morgan fingerprint density at radius 2 is 1.80 bits per heavy atom. The van der Waals surface area contributed by atoms with Gasteiger partial charge in [0.2, 0.25) is 0 Å². The van der Waals surface area contributed by atoms with Gasteiger partial charge in [-0.05, 0) is 61.9 Å². The number of thiophene rings is 1. The van der Waals surface area contributed by atoms with E-state index in [0.717, 1.165) is 21.5 Å². The standard InChI is InChI=1S/C26H22N4O4S/c1-14-11-15(2)28-25-21(14)22-23(35-25)26(32)30(13-27-22)17-7-5-16(6-8-17)24(31)29-19-10-9-18(33-3)12-20(19)34-4/h5-13H,1-4H3,(H,29,31). The van der Waals surface area contributed by atoms with E-state index in [1.54, 1.807) is 49.6 Å². The summed E-state index contributed by atoms with van der Waals surface area (Å²) in [5.41, 5.74) is 4.02. The van der Waals surface area contributed by atoms with Crippen molar-refractivity contribution in [3.63, 3.8) is 0 Å². The summed E-state index contributed by atoms with van der Waals surface area (Å²) < 4.78 is 12.6. The average molecular weight is 487 g/mol. The number of nitrogens with one attached hydrogen (secondary N) is 1. The molecular weight excluding hydrogens is 464 g/mol. The maximum Gasteiger partial charge on any atom is 0.275 e. The number of hydrogen-bond acceptors (Lipinski definition) is 7. The number of ether oxygens (including phenoxy) is 2. The summed E-state index contributed by atoms with van der Waals surface area (Å²) in [6, 6.07) is 13.9. The summed E-state index contributed by atoms with van der Waals surface area (Å²) in [6.07, 6.45) is 1.52. The number of carbonyl (C=O) groups excluding carboxylic acids is 1. The van der Waals surface area contributed by atoms with Gasteiger partial charge in [0.15, 0.2) is 0 Å². The summed E-state index contributed by atoms with van der Waals surface area (Å²) in [5, 5.41) is 3.76. The van der Waals surface area contributed by atoms with E-state index in [1.165, 1.54) is 29.3 Å². The second-order valence-electron chi connectivity index (χ2n) is 8.03. The Morgan fingerprint density at radius 1 is 1.03 bits per heavy atom. The smallest absolute Gasteiger partial charge is 0.275 e. The van der Waals surface area contributed by atoms with Crippen LogP contribution >= 0.6 is 11.3 Å². The van der Waals surface area contributed by atoms with Crippen LogP contribution in [-0.2, 0) is 0 Å². The van der Waals surface area contributed by atoms with Gasteiger partial charge in [-0.25, -0.2) is 9.97 Å². The fourth-order valence-corrected chi connectivity index (χ4v) is 5.20. The lowest BCUT2D eigenvalue weighted by molar-refractivity contribution is 0.102. The van der Waals surface area contributed by atoms with Crippen molar-refractivity contribution in [1.29, 1.82) is 0 Å². The normalized spacial score (nSPS) is 11.1. The third kappa shape index (κ3) is 4.00. The molecule has 0 aliphatic heterocycles. The third-order valence-corrected chi connectivity index (χ3v) is 6.80. The van der Waals surface area contributed by atoms with Crippen molar-refractivity contribution in [2.24, 2.45) is 0 Å². The number of methoxy groups -OCH3 is 2. The predicted octanol–water partition coefficient (Wildman–Crippen LogP) is 4.88. The van der Waals surface area contributed by atoms with Crippen molar-refractivity contribution < 1.29 is 14.3 Å². The molecule has 3 aromatic heterocycles. The summed E-state index contributed by atoms with van der Waals surface area (Å²) in [5.74, 6) is 0.811. The van der Waals surface area contributed by atoms with Crippen molar-refractivity contribution in [2.75, 3.05) is 19.5 Å². The van der Waals surface area contributed by atoms with Crippen molar-refractivity contribution in [2.45, 2.75) is 13.8 Å². The first-order valence-electron chi connectivity index (χ1n) is 10.8. The van der Waals surface area contributed by atoms with Gasteiger partial charge in [-0.3, -0.25) is 14.2 Å². The van der Waals surface area contributed by atoms with Crippen molar-refractivity contribution in [3.8, 4) is 17.2 Å². The summed E-state index contributed by atoms with van der Waals surface area (Å²) in [7, 11) is 3.09. The Bertz CT molecular complexity index is 1650. The lowest BCUT2D eigenvalue weighted by Gasteiger charge is -2.12.